The number of aliphatic carboxylic acids is 1. The molecule has 1 aliphatic rings. The van der Waals surface area contributed by atoms with Gasteiger partial charge in [0.15, 0.2) is 6.10 Å². The molecule has 0 aliphatic carbocycles. The van der Waals surface area contributed by atoms with Crippen molar-refractivity contribution >= 4 is 11.9 Å². The van der Waals surface area contributed by atoms with E-state index in [1.165, 1.54) is 17.0 Å². The quantitative estimate of drug-likeness (QED) is 0.924. The number of amides is 1. The van der Waals surface area contributed by atoms with Gasteiger partial charge in [-0.05, 0) is 38.5 Å². The lowest BCUT2D eigenvalue weighted by Crippen LogP contribution is -2.55. The summed E-state index contributed by atoms with van der Waals surface area (Å²) >= 11 is 0. The molecule has 0 saturated carbocycles. The molecule has 120 valence electrons. The second-order valence-corrected chi connectivity index (χ2v) is 6.12. The first-order valence-corrected chi connectivity index (χ1v) is 7.15. The van der Waals surface area contributed by atoms with E-state index < -0.39 is 17.5 Å². The normalized spacial score (nSPS) is 22.5. The standard InChI is InChI=1S/C16H20FNO4/c1-10-8-18(9-13(22-10)14(19)20)15(21)16(2,3)11-4-6-12(17)7-5-11/h4-7,10,13H,8-9H2,1-3H3,(H,19,20)/t10-,13?/m1/s1. The lowest BCUT2D eigenvalue weighted by molar-refractivity contribution is -0.168. The minimum Gasteiger partial charge on any atom is -0.479 e. The number of ether oxygens (including phenoxy) is 1. The van der Waals surface area contributed by atoms with Crippen LogP contribution in [0.3, 0.4) is 0 Å². The van der Waals surface area contributed by atoms with E-state index in [9.17, 15) is 14.0 Å². The zero-order chi connectivity index (χ0) is 16.5. The Morgan fingerprint density at radius 1 is 1.27 bits per heavy atom. The number of benzene rings is 1. The molecule has 1 aromatic carbocycles. The van der Waals surface area contributed by atoms with Crippen LogP contribution in [0.1, 0.15) is 26.3 Å². The smallest absolute Gasteiger partial charge is 0.334 e. The summed E-state index contributed by atoms with van der Waals surface area (Å²) in [6, 6.07) is 5.77. The van der Waals surface area contributed by atoms with Crippen LogP contribution in [-0.4, -0.2) is 47.2 Å². The van der Waals surface area contributed by atoms with Gasteiger partial charge in [-0.15, -0.1) is 0 Å². The first-order valence-electron chi connectivity index (χ1n) is 7.15. The monoisotopic (exact) mass is 309 g/mol. The van der Waals surface area contributed by atoms with Crippen molar-refractivity contribution in [2.24, 2.45) is 0 Å². The van der Waals surface area contributed by atoms with Crippen LogP contribution in [0.15, 0.2) is 24.3 Å². The van der Waals surface area contributed by atoms with Crippen molar-refractivity contribution in [2.45, 2.75) is 38.4 Å². The molecule has 0 bridgehead atoms. The summed E-state index contributed by atoms with van der Waals surface area (Å²) < 4.78 is 18.4. The van der Waals surface area contributed by atoms with Crippen LogP contribution in [0.2, 0.25) is 0 Å². The molecule has 1 unspecified atom stereocenters. The topological polar surface area (TPSA) is 66.8 Å². The summed E-state index contributed by atoms with van der Waals surface area (Å²) in [4.78, 5) is 25.4. The van der Waals surface area contributed by atoms with Gasteiger partial charge in [0.1, 0.15) is 5.82 Å². The van der Waals surface area contributed by atoms with E-state index in [4.69, 9.17) is 9.84 Å². The number of hydrogen-bond donors (Lipinski definition) is 1. The van der Waals surface area contributed by atoms with Crippen molar-refractivity contribution in [3.8, 4) is 0 Å². The lowest BCUT2D eigenvalue weighted by atomic mass is 9.83. The molecule has 22 heavy (non-hydrogen) atoms. The Balaban J connectivity index is 2.21. The van der Waals surface area contributed by atoms with Gasteiger partial charge in [-0.1, -0.05) is 12.1 Å². The molecule has 0 aromatic heterocycles. The highest BCUT2D eigenvalue weighted by Gasteiger charge is 2.39. The van der Waals surface area contributed by atoms with E-state index in [1.54, 1.807) is 32.9 Å². The minimum atomic E-state index is -1.08. The number of carboxylic acids is 1. The van der Waals surface area contributed by atoms with Gasteiger partial charge in [0.05, 0.1) is 18.1 Å². The van der Waals surface area contributed by atoms with E-state index in [0.29, 0.717) is 12.1 Å². The van der Waals surface area contributed by atoms with Crippen molar-refractivity contribution in [3.63, 3.8) is 0 Å². The molecule has 0 radical (unpaired) electrons. The summed E-state index contributed by atoms with van der Waals surface area (Å²) in [6.45, 7) is 5.59. The van der Waals surface area contributed by atoms with Gasteiger partial charge in [-0.3, -0.25) is 4.79 Å². The molecule has 5 nitrogen and oxygen atoms in total. The number of morpholine rings is 1. The molecule has 0 spiro atoms. The first kappa shape index (κ1) is 16.4. The van der Waals surface area contributed by atoms with Crippen molar-refractivity contribution in [2.75, 3.05) is 13.1 Å². The highest BCUT2D eigenvalue weighted by Crippen LogP contribution is 2.27. The number of rotatable bonds is 3. The summed E-state index contributed by atoms with van der Waals surface area (Å²) in [5.74, 6) is -1.64. The number of carbonyl (C=O) groups is 2. The molecule has 1 aromatic rings. The highest BCUT2D eigenvalue weighted by atomic mass is 19.1. The van der Waals surface area contributed by atoms with E-state index in [0.717, 1.165) is 0 Å². The fourth-order valence-electron chi connectivity index (χ4n) is 2.64. The van der Waals surface area contributed by atoms with Crippen LogP contribution in [0, 0.1) is 5.82 Å². The van der Waals surface area contributed by atoms with Crippen LogP contribution in [0.5, 0.6) is 0 Å². The molecule has 1 saturated heterocycles. The van der Waals surface area contributed by atoms with E-state index in [1.807, 2.05) is 0 Å². The maximum atomic E-state index is 13.0. The molecular weight excluding hydrogens is 289 g/mol. The summed E-state index contributed by atoms with van der Waals surface area (Å²) in [5.41, 5.74) is -0.182. The van der Waals surface area contributed by atoms with Gasteiger partial charge in [0.25, 0.3) is 0 Å². The predicted molar refractivity (Wildman–Crippen MR) is 78.0 cm³/mol. The molecule has 1 heterocycles. The highest BCUT2D eigenvalue weighted by molar-refractivity contribution is 5.88. The molecule has 6 heteroatoms. The largest absolute Gasteiger partial charge is 0.479 e. The number of halogens is 1. The van der Waals surface area contributed by atoms with Gasteiger partial charge >= 0.3 is 5.97 Å². The Hall–Kier alpha value is -1.95. The summed E-state index contributed by atoms with van der Waals surface area (Å²) in [5, 5.41) is 9.10. The Morgan fingerprint density at radius 3 is 2.41 bits per heavy atom. The van der Waals surface area contributed by atoms with Gasteiger partial charge in [-0.2, -0.15) is 0 Å². The first-order chi connectivity index (χ1) is 10.2. The molecule has 2 rings (SSSR count). The molecule has 1 aliphatic heterocycles. The van der Waals surface area contributed by atoms with E-state index >= 15 is 0 Å². The molecular formula is C16H20FNO4. The maximum absolute atomic E-state index is 13.0. The van der Waals surface area contributed by atoms with Gasteiger partial charge in [0, 0.05) is 6.54 Å². The van der Waals surface area contributed by atoms with Crippen LogP contribution < -0.4 is 0 Å². The second-order valence-electron chi connectivity index (χ2n) is 6.12. The van der Waals surface area contributed by atoms with E-state index in [2.05, 4.69) is 0 Å². The molecule has 1 amide bonds. The van der Waals surface area contributed by atoms with Gasteiger partial charge < -0.3 is 14.7 Å². The number of carbonyl (C=O) groups excluding carboxylic acids is 1. The van der Waals surface area contributed by atoms with Crippen molar-refractivity contribution < 1.29 is 23.8 Å². The number of nitrogens with zero attached hydrogens (tertiary/aromatic N) is 1. The molecule has 2 atom stereocenters. The average Bonchev–Trinajstić information content (AvgIpc) is 2.46. The predicted octanol–water partition coefficient (Wildman–Crippen LogP) is 1.80. The van der Waals surface area contributed by atoms with Crippen LogP contribution in [0.4, 0.5) is 4.39 Å². The zero-order valence-electron chi connectivity index (χ0n) is 12.9. The van der Waals surface area contributed by atoms with Crippen molar-refractivity contribution in [1.82, 2.24) is 4.90 Å². The average molecular weight is 309 g/mol. The second kappa shape index (κ2) is 6.04. The Bertz CT molecular complexity index is 570. The SMILES string of the molecule is C[C@@H]1CN(C(=O)C(C)(C)c2ccc(F)cc2)CC(C(=O)O)O1. The third-order valence-corrected chi connectivity index (χ3v) is 3.92. The fraction of sp³-hybridized carbons (Fsp3) is 0.500. The van der Waals surface area contributed by atoms with Gasteiger partial charge in [0.2, 0.25) is 5.91 Å². The van der Waals surface area contributed by atoms with Gasteiger partial charge in [-0.25, -0.2) is 9.18 Å². The minimum absolute atomic E-state index is 0.0170. The summed E-state index contributed by atoms with van der Waals surface area (Å²) in [7, 11) is 0. The Labute approximate surface area is 128 Å². The molecule has 1 N–H and O–H groups in total. The van der Waals surface area contributed by atoms with Crippen molar-refractivity contribution in [3.05, 3.63) is 35.6 Å². The van der Waals surface area contributed by atoms with Crippen molar-refractivity contribution in [1.29, 1.82) is 0 Å². The van der Waals surface area contributed by atoms with E-state index in [-0.39, 0.29) is 24.4 Å². The van der Waals surface area contributed by atoms with Crippen LogP contribution in [0.25, 0.3) is 0 Å². The van der Waals surface area contributed by atoms with Crippen LogP contribution in [-0.2, 0) is 19.7 Å². The Morgan fingerprint density at radius 2 is 1.86 bits per heavy atom. The Kier molecular flexibility index (Phi) is 4.51. The van der Waals surface area contributed by atoms with Crippen LogP contribution >= 0.6 is 0 Å². The molecule has 1 fully saturated rings. The fourth-order valence-corrected chi connectivity index (χ4v) is 2.64. The number of hydrogen-bond acceptors (Lipinski definition) is 3. The zero-order valence-corrected chi connectivity index (χ0v) is 12.9. The third-order valence-electron chi connectivity index (χ3n) is 3.92. The maximum Gasteiger partial charge on any atom is 0.334 e. The lowest BCUT2D eigenvalue weighted by Gasteiger charge is -2.39. The third kappa shape index (κ3) is 3.27. The number of carboxylic acid groups (broad SMARTS) is 1. The summed E-state index contributed by atoms with van der Waals surface area (Å²) in [6.07, 6.45) is -1.36.